The molecule has 1 aromatic rings. The summed E-state index contributed by atoms with van der Waals surface area (Å²) in [6.07, 6.45) is 2.60. The van der Waals surface area contributed by atoms with Gasteiger partial charge in [-0.2, -0.15) is 0 Å². The molecule has 1 aliphatic rings. The Balaban J connectivity index is 2.29. The third-order valence-corrected chi connectivity index (χ3v) is 4.65. The Bertz CT molecular complexity index is 508. The van der Waals surface area contributed by atoms with E-state index in [1.807, 2.05) is 19.9 Å². The Hall–Kier alpha value is -1.38. The van der Waals surface area contributed by atoms with Crippen LogP contribution in [0.2, 0.25) is 0 Å². The van der Waals surface area contributed by atoms with Crippen LogP contribution in [0.25, 0.3) is 0 Å². The molecule has 1 aromatic carbocycles. The van der Waals surface area contributed by atoms with E-state index in [1.165, 1.54) is 13.2 Å². The maximum Gasteiger partial charge on any atom is 0.165 e. The average Bonchev–Trinajstić information content (AvgIpc) is 2.38. The van der Waals surface area contributed by atoms with E-state index in [4.69, 9.17) is 4.74 Å². The quantitative estimate of drug-likeness (QED) is 0.831. The van der Waals surface area contributed by atoms with E-state index in [2.05, 4.69) is 6.92 Å². The molecule has 0 heterocycles. The largest absolute Gasteiger partial charge is 0.494 e. The van der Waals surface area contributed by atoms with Crippen LogP contribution in [0, 0.1) is 17.7 Å². The zero-order chi connectivity index (χ0) is 14.9. The minimum atomic E-state index is -0.366. The van der Waals surface area contributed by atoms with E-state index in [0.29, 0.717) is 18.1 Å². The Morgan fingerprint density at radius 3 is 2.55 bits per heavy atom. The Morgan fingerprint density at radius 2 is 2.00 bits per heavy atom. The minimum absolute atomic E-state index is 0.0218. The first kappa shape index (κ1) is 15.0. The van der Waals surface area contributed by atoms with E-state index in [-0.39, 0.29) is 22.9 Å². The summed E-state index contributed by atoms with van der Waals surface area (Å²) in [6, 6.07) is 5.01. The van der Waals surface area contributed by atoms with Gasteiger partial charge in [0, 0.05) is 12.3 Å². The lowest BCUT2D eigenvalue weighted by molar-refractivity contribution is -0.128. The molecule has 0 spiro atoms. The molecular weight excluding hydrogens is 255 g/mol. The fourth-order valence-corrected chi connectivity index (χ4v) is 3.23. The number of carbonyl (C=O) groups excluding carboxylic acids is 1. The molecular formula is C17H23FO2. The summed E-state index contributed by atoms with van der Waals surface area (Å²) in [5, 5.41) is 0. The number of ether oxygens (including phenoxy) is 1. The van der Waals surface area contributed by atoms with Crippen LogP contribution < -0.4 is 4.74 Å². The van der Waals surface area contributed by atoms with Crippen molar-refractivity contribution in [3.05, 3.63) is 29.6 Å². The van der Waals surface area contributed by atoms with Gasteiger partial charge in [0.1, 0.15) is 5.78 Å². The van der Waals surface area contributed by atoms with E-state index < -0.39 is 0 Å². The van der Waals surface area contributed by atoms with E-state index in [1.54, 1.807) is 6.07 Å². The lowest BCUT2D eigenvalue weighted by Gasteiger charge is -2.38. The van der Waals surface area contributed by atoms with Gasteiger partial charge in [0.2, 0.25) is 0 Å². The van der Waals surface area contributed by atoms with Crippen molar-refractivity contribution in [1.82, 2.24) is 0 Å². The monoisotopic (exact) mass is 278 g/mol. The molecule has 2 atom stereocenters. The van der Waals surface area contributed by atoms with Gasteiger partial charge in [0.15, 0.2) is 11.6 Å². The number of halogens is 1. The number of methoxy groups -OCH3 is 1. The van der Waals surface area contributed by atoms with Gasteiger partial charge < -0.3 is 4.74 Å². The topological polar surface area (TPSA) is 26.3 Å². The molecule has 0 saturated heterocycles. The molecule has 0 bridgehead atoms. The molecule has 0 aromatic heterocycles. The predicted molar refractivity (Wildman–Crippen MR) is 77.5 cm³/mol. The van der Waals surface area contributed by atoms with Crippen molar-refractivity contribution in [2.45, 2.75) is 45.4 Å². The number of Topliss-reactive ketones (excluding diaryl/α,β-unsaturated/α-hetero) is 1. The highest BCUT2D eigenvalue weighted by atomic mass is 19.1. The summed E-state index contributed by atoms with van der Waals surface area (Å²) >= 11 is 0. The lowest BCUT2D eigenvalue weighted by atomic mass is 9.65. The fraction of sp³-hybridized carbons (Fsp3) is 0.588. The van der Waals surface area contributed by atoms with Crippen molar-refractivity contribution in [2.24, 2.45) is 11.8 Å². The summed E-state index contributed by atoms with van der Waals surface area (Å²) < 4.78 is 18.8. The van der Waals surface area contributed by atoms with Crippen LogP contribution in [0.4, 0.5) is 4.39 Å². The Morgan fingerprint density at radius 1 is 1.30 bits per heavy atom. The molecule has 2 nitrogen and oxygen atoms in total. The number of hydrogen-bond acceptors (Lipinski definition) is 2. The van der Waals surface area contributed by atoms with Crippen LogP contribution in [-0.4, -0.2) is 12.9 Å². The summed E-state index contributed by atoms with van der Waals surface area (Å²) in [5.74, 6) is 0.640. The summed E-state index contributed by atoms with van der Waals surface area (Å²) in [7, 11) is 1.45. The van der Waals surface area contributed by atoms with Gasteiger partial charge in [-0.05, 0) is 41.9 Å². The number of benzene rings is 1. The number of ketones is 1. The number of hydrogen-bond donors (Lipinski definition) is 0. The van der Waals surface area contributed by atoms with E-state index in [9.17, 15) is 9.18 Å². The van der Waals surface area contributed by atoms with Crippen LogP contribution in [0.3, 0.4) is 0 Å². The Kier molecular flexibility index (Phi) is 4.17. The number of carbonyl (C=O) groups is 1. The second-order valence-corrected chi connectivity index (χ2v) is 6.48. The minimum Gasteiger partial charge on any atom is -0.494 e. The molecule has 110 valence electrons. The first-order valence-corrected chi connectivity index (χ1v) is 7.23. The molecule has 2 rings (SSSR count). The van der Waals surface area contributed by atoms with E-state index >= 15 is 0 Å². The zero-order valence-corrected chi connectivity index (χ0v) is 12.7. The second kappa shape index (κ2) is 5.55. The average molecular weight is 278 g/mol. The van der Waals surface area contributed by atoms with Crippen LogP contribution in [0.1, 0.15) is 45.6 Å². The zero-order valence-electron chi connectivity index (χ0n) is 12.7. The summed E-state index contributed by atoms with van der Waals surface area (Å²) in [6.45, 7) is 6.19. The number of rotatable bonds is 3. The van der Waals surface area contributed by atoms with Gasteiger partial charge in [-0.25, -0.2) is 4.39 Å². The first-order chi connectivity index (χ1) is 9.36. The smallest absolute Gasteiger partial charge is 0.165 e. The molecule has 0 radical (unpaired) electrons. The van der Waals surface area contributed by atoms with Crippen LogP contribution >= 0.6 is 0 Å². The molecule has 1 fully saturated rings. The normalized spacial score (nSPS) is 23.8. The van der Waals surface area contributed by atoms with E-state index in [0.717, 1.165) is 18.4 Å². The molecule has 0 aliphatic heterocycles. The van der Waals surface area contributed by atoms with Gasteiger partial charge in [-0.15, -0.1) is 0 Å². The molecule has 0 amide bonds. The highest BCUT2D eigenvalue weighted by Gasteiger charge is 2.39. The predicted octanol–water partition coefficient (Wildman–Crippen LogP) is 4.12. The molecule has 1 saturated carbocycles. The van der Waals surface area contributed by atoms with Crippen molar-refractivity contribution < 1.29 is 13.9 Å². The lowest BCUT2D eigenvalue weighted by Crippen LogP contribution is -2.38. The third-order valence-electron chi connectivity index (χ3n) is 4.65. The third kappa shape index (κ3) is 2.72. The molecule has 0 N–H and O–H groups in total. The van der Waals surface area contributed by atoms with Crippen molar-refractivity contribution in [3.8, 4) is 5.75 Å². The van der Waals surface area contributed by atoms with Crippen LogP contribution in [0.15, 0.2) is 18.2 Å². The van der Waals surface area contributed by atoms with Gasteiger partial charge >= 0.3 is 0 Å². The molecule has 3 heteroatoms. The van der Waals surface area contributed by atoms with Gasteiger partial charge in [-0.3, -0.25) is 4.79 Å². The Labute approximate surface area is 120 Å². The van der Waals surface area contributed by atoms with Crippen molar-refractivity contribution in [2.75, 3.05) is 7.11 Å². The van der Waals surface area contributed by atoms with Gasteiger partial charge in [0.25, 0.3) is 0 Å². The maximum atomic E-state index is 13.9. The van der Waals surface area contributed by atoms with Crippen LogP contribution in [-0.2, 0) is 10.2 Å². The van der Waals surface area contributed by atoms with Gasteiger partial charge in [0.05, 0.1) is 7.11 Å². The molecule has 1 aliphatic carbocycles. The van der Waals surface area contributed by atoms with Crippen LogP contribution in [0.5, 0.6) is 5.75 Å². The summed E-state index contributed by atoms with van der Waals surface area (Å²) in [4.78, 5) is 12.3. The maximum absolute atomic E-state index is 13.9. The highest BCUT2D eigenvalue weighted by molar-refractivity contribution is 5.83. The van der Waals surface area contributed by atoms with Gasteiger partial charge in [-0.1, -0.05) is 26.8 Å². The highest BCUT2D eigenvalue weighted by Crippen LogP contribution is 2.41. The second-order valence-electron chi connectivity index (χ2n) is 6.48. The molecule has 2 unspecified atom stereocenters. The van der Waals surface area contributed by atoms with Crippen molar-refractivity contribution >= 4 is 5.78 Å². The standard InChI is InChI=1S/C17H23FO2/c1-11-5-7-13(15(19)9-11)17(2,3)12-6-8-16(20-4)14(18)10-12/h6,8,10-11,13H,5,7,9H2,1-4H3. The first-order valence-electron chi connectivity index (χ1n) is 7.23. The molecule has 20 heavy (non-hydrogen) atoms. The fourth-order valence-electron chi connectivity index (χ4n) is 3.23. The van der Waals surface area contributed by atoms with Crippen molar-refractivity contribution in [3.63, 3.8) is 0 Å². The van der Waals surface area contributed by atoms with Crippen molar-refractivity contribution in [1.29, 1.82) is 0 Å². The summed E-state index contributed by atoms with van der Waals surface area (Å²) in [5.41, 5.74) is 0.522. The SMILES string of the molecule is COc1ccc(C(C)(C)C2CCC(C)CC2=O)cc1F.